The first-order valence-corrected chi connectivity index (χ1v) is 9.91. The molecule has 0 bridgehead atoms. The van der Waals surface area contributed by atoms with Crippen molar-refractivity contribution < 1.29 is 16.8 Å². The van der Waals surface area contributed by atoms with Gasteiger partial charge in [-0.15, -0.1) is 0 Å². The molecule has 0 radical (unpaired) electrons. The molecule has 0 fully saturated rings. The fourth-order valence-electron chi connectivity index (χ4n) is 1.70. The highest BCUT2D eigenvalue weighted by Crippen LogP contribution is 2.17. The third-order valence-corrected chi connectivity index (χ3v) is 7.89. The van der Waals surface area contributed by atoms with Crippen molar-refractivity contribution in [3.05, 3.63) is 29.8 Å². The van der Waals surface area contributed by atoms with E-state index >= 15 is 0 Å². The zero-order valence-electron chi connectivity index (χ0n) is 12.3. The van der Waals surface area contributed by atoms with Crippen LogP contribution < -0.4 is 0 Å². The van der Waals surface area contributed by atoms with Crippen molar-refractivity contribution >= 4 is 19.7 Å². The van der Waals surface area contributed by atoms with Crippen molar-refractivity contribution in [1.82, 2.24) is 0 Å². The summed E-state index contributed by atoms with van der Waals surface area (Å²) in [6.45, 7) is 5.16. The SMILES string of the molecule is CC(C)C(C)S(=O)(=O)CCS(=O)(=O)c1cccc(C#N)c1. The van der Waals surface area contributed by atoms with E-state index in [0.29, 0.717) is 0 Å². The number of rotatable bonds is 6. The predicted molar refractivity (Wildman–Crippen MR) is 81.3 cm³/mol. The van der Waals surface area contributed by atoms with Gasteiger partial charge in [0.05, 0.1) is 33.3 Å². The zero-order valence-corrected chi connectivity index (χ0v) is 13.9. The van der Waals surface area contributed by atoms with Gasteiger partial charge >= 0.3 is 0 Å². The summed E-state index contributed by atoms with van der Waals surface area (Å²) in [5.74, 6) is -0.952. The van der Waals surface area contributed by atoms with Crippen LogP contribution in [0.4, 0.5) is 0 Å². The maximum Gasteiger partial charge on any atom is 0.179 e. The van der Waals surface area contributed by atoms with E-state index in [1.165, 1.54) is 24.3 Å². The van der Waals surface area contributed by atoms with Gasteiger partial charge in [-0.25, -0.2) is 16.8 Å². The molecule has 0 saturated heterocycles. The number of benzene rings is 1. The van der Waals surface area contributed by atoms with E-state index in [1.807, 2.05) is 6.07 Å². The molecular formula is C14H19NO4S2. The Bertz CT molecular complexity index is 743. The van der Waals surface area contributed by atoms with E-state index in [0.717, 1.165) is 0 Å². The topological polar surface area (TPSA) is 92.1 Å². The third kappa shape index (κ3) is 4.55. The molecule has 7 heteroatoms. The van der Waals surface area contributed by atoms with Crippen LogP contribution in [0.15, 0.2) is 29.2 Å². The second-order valence-corrected chi connectivity index (χ2v) is 9.86. The molecule has 0 N–H and O–H groups in total. The molecule has 1 atom stereocenters. The minimum absolute atomic E-state index is 0.0195. The highest BCUT2D eigenvalue weighted by Gasteiger charge is 2.26. The standard InChI is InChI=1S/C14H19NO4S2/c1-11(2)12(3)20(16,17)7-8-21(18,19)14-6-4-5-13(9-14)10-15/h4-6,9,11-12H,7-8H2,1-3H3. The van der Waals surface area contributed by atoms with Gasteiger partial charge in [0.25, 0.3) is 0 Å². The molecule has 0 heterocycles. The highest BCUT2D eigenvalue weighted by atomic mass is 32.2. The van der Waals surface area contributed by atoms with Gasteiger partial charge in [0.15, 0.2) is 19.7 Å². The predicted octanol–water partition coefficient (Wildman–Crippen LogP) is 1.79. The molecule has 116 valence electrons. The van der Waals surface area contributed by atoms with Crippen LogP contribution in [0.1, 0.15) is 26.3 Å². The van der Waals surface area contributed by atoms with Crippen LogP contribution in [-0.4, -0.2) is 33.6 Å². The van der Waals surface area contributed by atoms with Gasteiger partial charge in [-0.2, -0.15) is 5.26 Å². The van der Waals surface area contributed by atoms with Gasteiger partial charge in [-0.05, 0) is 31.0 Å². The second kappa shape index (κ2) is 6.58. The number of nitriles is 1. The first-order valence-electron chi connectivity index (χ1n) is 6.54. The quantitative estimate of drug-likeness (QED) is 0.793. The lowest BCUT2D eigenvalue weighted by Gasteiger charge is -2.16. The molecule has 1 rings (SSSR count). The maximum absolute atomic E-state index is 12.2. The molecule has 0 spiro atoms. The van der Waals surface area contributed by atoms with Crippen molar-refractivity contribution in [2.75, 3.05) is 11.5 Å². The molecule has 1 unspecified atom stereocenters. The zero-order chi connectivity index (χ0) is 16.3. The van der Waals surface area contributed by atoms with E-state index in [1.54, 1.807) is 20.8 Å². The fourth-order valence-corrected chi connectivity index (χ4v) is 5.54. The van der Waals surface area contributed by atoms with Gasteiger partial charge in [0, 0.05) is 0 Å². The van der Waals surface area contributed by atoms with Gasteiger partial charge in [-0.1, -0.05) is 19.9 Å². The van der Waals surface area contributed by atoms with E-state index in [9.17, 15) is 16.8 Å². The molecule has 0 aliphatic carbocycles. The summed E-state index contributed by atoms with van der Waals surface area (Å²) in [4.78, 5) is -0.0195. The van der Waals surface area contributed by atoms with Gasteiger partial charge in [0.2, 0.25) is 0 Å². The monoisotopic (exact) mass is 329 g/mol. The van der Waals surface area contributed by atoms with Crippen LogP contribution in [0.5, 0.6) is 0 Å². The number of hydrogen-bond donors (Lipinski definition) is 0. The molecule has 21 heavy (non-hydrogen) atoms. The Labute approximate surface area is 126 Å². The van der Waals surface area contributed by atoms with Crippen LogP contribution >= 0.6 is 0 Å². The summed E-state index contributed by atoms with van der Waals surface area (Å²) in [5, 5.41) is 8.20. The summed E-state index contributed by atoms with van der Waals surface area (Å²) in [6.07, 6.45) is 0. The Balaban J connectivity index is 2.95. The lowest BCUT2D eigenvalue weighted by atomic mass is 10.2. The summed E-state index contributed by atoms with van der Waals surface area (Å²) >= 11 is 0. The molecule has 1 aromatic carbocycles. The number of sulfone groups is 2. The normalized spacial score (nSPS) is 13.9. The Kier molecular flexibility index (Phi) is 5.54. The summed E-state index contributed by atoms with van der Waals surface area (Å²) < 4.78 is 48.4. The summed E-state index contributed by atoms with van der Waals surface area (Å²) in [6, 6.07) is 7.46. The van der Waals surface area contributed by atoms with E-state index in [4.69, 9.17) is 5.26 Å². The molecule has 0 saturated carbocycles. The van der Waals surface area contributed by atoms with Gasteiger partial charge in [-0.3, -0.25) is 0 Å². The first-order chi connectivity index (χ1) is 9.60. The average Bonchev–Trinajstić information content (AvgIpc) is 2.44. The fraction of sp³-hybridized carbons (Fsp3) is 0.500. The minimum atomic E-state index is -3.72. The van der Waals surface area contributed by atoms with Crippen LogP contribution in [0.2, 0.25) is 0 Å². The summed E-state index contributed by atoms with van der Waals surface area (Å²) in [5.41, 5.74) is 0.231. The Hall–Kier alpha value is -1.39. The molecule has 0 amide bonds. The lowest BCUT2D eigenvalue weighted by Crippen LogP contribution is -2.29. The number of nitrogens with zero attached hydrogens (tertiary/aromatic N) is 1. The smallest absolute Gasteiger partial charge is 0.179 e. The Morgan fingerprint density at radius 1 is 1.10 bits per heavy atom. The number of hydrogen-bond acceptors (Lipinski definition) is 5. The van der Waals surface area contributed by atoms with E-state index < -0.39 is 36.4 Å². The average molecular weight is 329 g/mol. The second-order valence-electron chi connectivity index (χ2n) is 5.27. The molecule has 5 nitrogen and oxygen atoms in total. The largest absolute Gasteiger partial charge is 0.229 e. The van der Waals surface area contributed by atoms with E-state index in [2.05, 4.69) is 0 Å². The maximum atomic E-state index is 12.2. The molecule has 0 aromatic heterocycles. The Morgan fingerprint density at radius 3 is 2.24 bits per heavy atom. The van der Waals surface area contributed by atoms with Gasteiger partial charge < -0.3 is 0 Å². The van der Waals surface area contributed by atoms with E-state index in [-0.39, 0.29) is 16.4 Å². The first kappa shape index (κ1) is 17.7. The lowest BCUT2D eigenvalue weighted by molar-refractivity contribution is 0.545. The molecule has 1 aromatic rings. The third-order valence-electron chi connectivity index (χ3n) is 3.46. The van der Waals surface area contributed by atoms with Crippen molar-refractivity contribution in [2.24, 2.45) is 5.92 Å². The van der Waals surface area contributed by atoms with Crippen molar-refractivity contribution in [3.8, 4) is 6.07 Å². The van der Waals surface area contributed by atoms with Crippen LogP contribution in [0.25, 0.3) is 0 Å². The van der Waals surface area contributed by atoms with Gasteiger partial charge in [0.1, 0.15) is 0 Å². The molecule has 0 aliphatic rings. The molecule has 0 aliphatic heterocycles. The van der Waals surface area contributed by atoms with Crippen molar-refractivity contribution in [1.29, 1.82) is 5.26 Å². The Morgan fingerprint density at radius 2 is 1.71 bits per heavy atom. The van der Waals surface area contributed by atoms with Crippen molar-refractivity contribution in [3.63, 3.8) is 0 Å². The van der Waals surface area contributed by atoms with Crippen LogP contribution in [0, 0.1) is 17.2 Å². The summed E-state index contributed by atoms with van der Waals surface area (Å²) in [7, 11) is -7.18. The highest BCUT2D eigenvalue weighted by molar-refractivity contribution is 7.95. The molecular weight excluding hydrogens is 310 g/mol. The minimum Gasteiger partial charge on any atom is -0.229 e. The van der Waals surface area contributed by atoms with Crippen LogP contribution in [-0.2, 0) is 19.7 Å². The van der Waals surface area contributed by atoms with Crippen LogP contribution in [0.3, 0.4) is 0 Å². The van der Waals surface area contributed by atoms with Crippen molar-refractivity contribution in [2.45, 2.75) is 30.9 Å².